The number of hydrogen-bond acceptors (Lipinski definition) is 4. The number of aromatic nitrogens is 1. The lowest BCUT2D eigenvalue weighted by atomic mass is 10.1. The molecule has 0 atom stereocenters. The van der Waals surface area contributed by atoms with Gasteiger partial charge in [-0.3, -0.25) is 9.71 Å². The number of hydrogen-bond donors (Lipinski definition) is 2. The monoisotopic (exact) mass is 278 g/mol. The minimum absolute atomic E-state index is 0.107. The molecule has 0 fully saturated rings. The van der Waals surface area contributed by atoms with Crippen LogP contribution in [-0.4, -0.2) is 18.5 Å². The van der Waals surface area contributed by atoms with Gasteiger partial charge in [-0.2, -0.15) is 0 Å². The van der Waals surface area contributed by atoms with Crippen molar-refractivity contribution in [1.82, 2.24) is 4.98 Å². The summed E-state index contributed by atoms with van der Waals surface area (Å²) < 4.78 is 26.4. The summed E-state index contributed by atoms with van der Waals surface area (Å²) in [5.41, 5.74) is 1.75. The van der Waals surface area contributed by atoms with Crippen LogP contribution >= 0.6 is 0 Å². The van der Waals surface area contributed by atoms with Gasteiger partial charge in [0.25, 0.3) is 0 Å². The molecule has 0 aliphatic rings. The fraction of sp³-hybridized carbons (Fsp3) is 0.154. The van der Waals surface area contributed by atoms with E-state index in [1.54, 1.807) is 42.6 Å². The maximum absolute atomic E-state index is 12.0. The third kappa shape index (κ3) is 4.04. The van der Waals surface area contributed by atoms with Crippen molar-refractivity contribution < 1.29 is 13.5 Å². The van der Waals surface area contributed by atoms with E-state index in [1.165, 1.54) is 6.20 Å². The molecule has 2 rings (SSSR count). The molecule has 100 valence electrons. The molecule has 2 aromatic rings. The molecule has 0 spiro atoms. The second kappa shape index (κ2) is 5.81. The first-order valence-electron chi connectivity index (χ1n) is 5.68. The van der Waals surface area contributed by atoms with Gasteiger partial charge in [0.2, 0.25) is 10.0 Å². The van der Waals surface area contributed by atoms with E-state index in [1.807, 2.05) is 0 Å². The molecule has 1 heterocycles. The van der Waals surface area contributed by atoms with Crippen LogP contribution in [0.3, 0.4) is 0 Å². The molecule has 0 unspecified atom stereocenters. The van der Waals surface area contributed by atoms with Crippen molar-refractivity contribution in [2.45, 2.75) is 12.4 Å². The van der Waals surface area contributed by atoms with E-state index in [0.29, 0.717) is 16.8 Å². The van der Waals surface area contributed by atoms with Gasteiger partial charge in [-0.1, -0.05) is 24.3 Å². The Labute approximate surface area is 112 Å². The summed E-state index contributed by atoms with van der Waals surface area (Å²) in [6, 6.07) is 10.1. The third-order valence-electron chi connectivity index (χ3n) is 2.47. The zero-order chi connectivity index (χ0) is 13.7. The van der Waals surface area contributed by atoms with E-state index in [2.05, 4.69) is 9.71 Å². The standard InChI is InChI=1S/C13H14N2O3S/c16-9-11-3-1-4-12(7-11)10-19(17,18)15-13-5-2-6-14-8-13/h1-8,15-16H,9-10H2. The van der Waals surface area contributed by atoms with Crippen LogP contribution in [0.5, 0.6) is 0 Å². The molecule has 1 aromatic carbocycles. The number of aliphatic hydroxyl groups is 1. The lowest BCUT2D eigenvalue weighted by Crippen LogP contribution is -2.15. The van der Waals surface area contributed by atoms with Crippen LogP contribution in [0.25, 0.3) is 0 Å². The van der Waals surface area contributed by atoms with E-state index < -0.39 is 10.0 Å². The van der Waals surface area contributed by atoms with Gasteiger partial charge in [-0.25, -0.2) is 8.42 Å². The molecular formula is C13H14N2O3S. The average Bonchev–Trinajstić information content (AvgIpc) is 2.39. The van der Waals surface area contributed by atoms with E-state index in [0.717, 1.165) is 0 Å². The number of rotatable bonds is 5. The van der Waals surface area contributed by atoms with Crippen molar-refractivity contribution in [3.63, 3.8) is 0 Å². The Kier molecular flexibility index (Phi) is 4.13. The van der Waals surface area contributed by atoms with E-state index in [-0.39, 0.29) is 12.4 Å². The SMILES string of the molecule is O=S(=O)(Cc1cccc(CO)c1)Nc1cccnc1. The summed E-state index contributed by atoms with van der Waals surface area (Å²) in [6.45, 7) is -0.107. The van der Waals surface area contributed by atoms with Gasteiger partial charge in [0.05, 0.1) is 24.2 Å². The molecule has 2 N–H and O–H groups in total. The first-order valence-corrected chi connectivity index (χ1v) is 7.33. The number of anilines is 1. The van der Waals surface area contributed by atoms with Crippen LogP contribution in [0, 0.1) is 0 Å². The minimum Gasteiger partial charge on any atom is -0.392 e. The first-order chi connectivity index (χ1) is 9.09. The summed E-state index contributed by atoms with van der Waals surface area (Å²) in [5, 5.41) is 9.02. The Morgan fingerprint density at radius 1 is 1.16 bits per heavy atom. The van der Waals surface area contributed by atoms with Crippen LogP contribution in [0.2, 0.25) is 0 Å². The number of sulfonamides is 1. The highest BCUT2D eigenvalue weighted by atomic mass is 32.2. The molecule has 0 aliphatic carbocycles. The molecule has 6 heteroatoms. The second-order valence-corrected chi connectivity index (χ2v) is 5.80. The minimum atomic E-state index is -3.48. The Balaban J connectivity index is 2.12. The van der Waals surface area contributed by atoms with E-state index >= 15 is 0 Å². The van der Waals surface area contributed by atoms with Gasteiger partial charge in [-0.15, -0.1) is 0 Å². The molecule has 1 aromatic heterocycles. The van der Waals surface area contributed by atoms with Gasteiger partial charge < -0.3 is 5.11 Å². The van der Waals surface area contributed by atoms with Crippen molar-refractivity contribution in [3.05, 3.63) is 59.9 Å². The lowest BCUT2D eigenvalue weighted by Gasteiger charge is -2.08. The maximum Gasteiger partial charge on any atom is 0.236 e. The number of benzene rings is 1. The topological polar surface area (TPSA) is 79.3 Å². The number of nitrogens with one attached hydrogen (secondary N) is 1. The van der Waals surface area contributed by atoms with E-state index in [4.69, 9.17) is 5.11 Å². The fourth-order valence-corrected chi connectivity index (χ4v) is 2.85. The fourth-order valence-electron chi connectivity index (χ4n) is 1.68. The van der Waals surface area contributed by atoms with Gasteiger partial charge in [0.15, 0.2) is 0 Å². The summed E-state index contributed by atoms with van der Waals surface area (Å²) in [4.78, 5) is 3.84. The van der Waals surface area contributed by atoms with Crippen molar-refractivity contribution in [2.75, 3.05) is 4.72 Å². The second-order valence-electron chi connectivity index (χ2n) is 4.08. The van der Waals surface area contributed by atoms with Crippen molar-refractivity contribution in [2.24, 2.45) is 0 Å². The quantitative estimate of drug-likeness (QED) is 0.869. The molecule has 0 bridgehead atoms. The predicted octanol–water partition coefficient (Wildman–Crippen LogP) is 1.52. The van der Waals surface area contributed by atoms with Crippen molar-refractivity contribution >= 4 is 15.7 Å². The van der Waals surface area contributed by atoms with Crippen LogP contribution in [0.15, 0.2) is 48.8 Å². The van der Waals surface area contributed by atoms with Gasteiger partial charge >= 0.3 is 0 Å². The summed E-state index contributed by atoms with van der Waals surface area (Å²) in [7, 11) is -3.48. The molecule has 19 heavy (non-hydrogen) atoms. The largest absolute Gasteiger partial charge is 0.392 e. The van der Waals surface area contributed by atoms with Crippen LogP contribution in [0.1, 0.15) is 11.1 Å². The smallest absolute Gasteiger partial charge is 0.236 e. The molecule has 0 amide bonds. The molecular weight excluding hydrogens is 264 g/mol. The van der Waals surface area contributed by atoms with Gasteiger partial charge in [0.1, 0.15) is 0 Å². The number of pyridine rings is 1. The molecule has 0 radical (unpaired) electrons. The lowest BCUT2D eigenvalue weighted by molar-refractivity contribution is 0.282. The Morgan fingerprint density at radius 2 is 1.95 bits per heavy atom. The van der Waals surface area contributed by atoms with E-state index in [9.17, 15) is 8.42 Å². The highest BCUT2D eigenvalue weighted by Crippen LogP contribution is 2.12. The number of nitrogens with zero attached hydrogens (tertiary/aromatic N) is 1. The Bertz CT molecular complexity index is 642. The normalized spacial score (nSPS) is 11.2. The molecule has 5 nitrogen and oxygen atoms in total. The van der Waals surface area contributed by atoms with Crippen molar-refractivity contribution in [1.29, 1.82) is 0 Å². The maximum atomic E-state index is 12.0. The molecule has 0 aliphatic heterocycles. The average molecular weight is 278 g/mol. The van der Waals surface area contributed by atoms with Gasteiger partial charge in [0, 0.05) is 6.20 Å². The van der Waals surface area contributed by atoms with Crippen LogP contribution in [-0.2, 0) is 22.4 Å². The Morgan fingerprint density at radius 3 is 2.63 bits per heavy atom. The summed E-state index contributed by atoms with van der Waals surface area (Å²) >= 11 is 0. The molecule has 0 saturated heterocycles. The zero-order valence-corrected chi connectivity index (χ0v) is 11.0. The number of aliphatic hydroxyl groups excluding tert-OH is 1. The van der Waals surface area contributed by atoms with Gasteiger partial charge in [-0.05, 0) is 23.3 Å². The highest BCUT2D eigenvalue weighted by Gasteiger charge is 2.12. The third-order valence-corrected chi connectivity index (χ3v) is 3.73. The van der Waals surface area contributed by atoms with Crippen LogP contribution < -0.4 is 4.72 Å². The zero-order valence-electron chi connectivity index (χ0n) is 10.2. The predicted molar refractivity (Wildman–Crippen MR) is 72.8 cm³/mol. The first kappa shape index (κ1) is 13.5. The summed E-state index contributed by atoms with van der Waals surface area (Å²) in [6.07, 6.45) is 3.02. The summed E-state index contributed by atoms with van der Waals surface area (Å²) in [5.74, 6) is -0.143. The Hall–Kier alpha value is -1.92. The van der Waals surface area contributed by atoms with Crippen molar-refractivity contribution in [3.8, 4) is 0 Å². The van der Waals surface area contributed by atoms with Crippen LogP contribution in [0.4, 0.5) is 5.69 Å². The molecule has 0 saturated carbocycles. The highest BCUT2D eigenvalue weighted by molar-refractivity contribution is 7.91.